The summed E-state index contributed by atoms with van der Waals surface area (Å²) >= 11 is 0. The van der Waals surface area contributed by atoms with Crippen LogP contribution in [0.15, 0.2) is 9.59 Å². The van der Waals surface area contributed by atoms with Crippen LogP contribution >= 0.6 is 0 Å². The second kappa shape index (κ2) is 8.80. The molecule has 0 spiro atoms. The SMILES string of the molecule is CC(C)Cn1c(N)c(C(=O)CN2CCC(N(C)S(C)(=O)=O)CC2)c(=O)n(C)c1=O. The van der Waals surface area contributed by atoms with Gasteiger partial charge in [-0.25, -0.2) is 17.5 Å². The molecule has 1 fully saturated rings. The van der Waals surface area contributed by atoms with E-state index in [9.17, 15) is 22.8 Å². The molecular weight excluding hydrogens is 398 g/mol. The van der Waals surface area contributed by atoms with Gasteiger partial charge in [0.15, 0.2) is 5.78 Å². The lowest BCUT2D eigenvalue weighted by Crippen LogP contribution is -2.48. The van der Waals surface area contributed by atoms with Gasteiger partial charge in [0.25, 0.3) is 5.56 Å². The van der Waals surface area contributed by atoms with Crippen molar-refractivity contribution in [2.24, 2.45) is 13.0 Å². The fraction of sp³-hybridized carbons (Fsp3) is 0.722. The number of nitrogen functional groups attached to an aromatic ring is 1. The van der Waals surface area contributed by atoms with Gasteiger partial charge in [-0.2, -0.15) is 0 Å². The highest BCUT2D eigenvalue weighted by Crippen LogP contribution is 2.18. The van der Waals surface area contributed by atoms with Crippen LogP contribution in [0.1, 0.15) is 37.0 Å². The lowest BCUT2D eigenvalue weighted by molar-refractivity contribution is 0.0888. The molecule has 0 aliphatic carbocycles. The maximum absolute atomic E-state index is 12.9. The first-order chi connectivity index (χ1) is 13.3. The van der Waals surface area contributed by atoms with Crippen molar-refractivity contribution in [1.29, 1.82) is 0 Å². The predicted molar refractivity (Wildman–Crippen MR) is 112 cm³/mol. The maximum atomic E-state index is 12.9. The Morgan fingerprint density at radius 2 is 1.79 bits per heavy atom. The fourth-order valence-corrected chi connectivity index (χ4v) is 4.33. The van der Waals surface area contributed by atoms with E-state index >= 15 is 0 Å². The van der Waals surface area contributed by atoms with Gasteiger partial charge in [0, 0.05) is 39.8 Å². The molecule has 1 aliphatic rings. The molecule has 0 amide bonds. The van der Waals surface area contributed by atoms with E-state index in [2.05, 4.69) is 0 Å². The topological polar surface area (TPSA) is 128 Å². The third-order valence-corrected chi connectivity index (χ3v) is 6.72. The Kier molecular flexibility index (Phi) is 7.07. The van der Waals surface area contributed by atoms with E-state index in [1.807, 2.05) is 18.7 Å². The molecular formula is C18H31N5O5S. The number of piperidine rings is 1. The molecule has 0 aromatic carbocycles. The Balaban J connectivity index is 2.19. The van der Waals surface area contributed by atoms with Gasteiger partial charge in [0.2, 0.25) is 10.0 Å². The molecule has 10 nitrogen and oxygen atoms in total. The lowest BCUT2D eigenvalue weighted by atomic mass is 10.0. The number of Topliss-reactive ketones (excluding diaryl/α,β-unsaturated/α-hetero) is 1. The van der Waals surface area contributed by atoms with Crippen LogP contribution in [0, 0.1) is 5.92 Å². The Labute approximate surface area is 170 Å². The van der Waals surface area contributed by atoms with Crippen LogP contribution in [-0.2, 0) is 23.6 Å². The van der Waals surface area contributed by atoms with E-state index in [0.717, 1.165) is 4.57 Å². The van der Waals surface area contributed by atoms with Crippen molar-refractivity contribution in [2.75, 3.05) is 38.7 Å². The van der Waals surface area contributed by atoms with Crippen molar-refractivity contribution >= 4 is 21.6 Å². The molecule has 2 heterocycles. The van der Waals surface area contributed by atoms with Gasteiger partial charge in [0.05, 0.1) is 12.8 Å². The zero-order chi connectivity index (χ0) is 22.1. The molecule has 29 heavy (non-hydrogen) atoms. The molecule has 0 saturated carbocycles. The quantitative estimate of drug-likeness (QED) is 0.569. The molecule has 1 aliphatic heterocycles. The van der Waals surface area contributed by atoms with E-state index < -0.39 is 27.1 Å². The maximum Gasteiger partial charge on any atom is 0.332 e. The van der Waals surface area contributed by atoms with E-state index in [1.165, 1.54) is 22.2 Å². The molecule has 0 unspecified atom stereocenters. The molecule has 11 heteroatoms. The van der Waals surface area contributed by atoms with Gasteiger partial charge in [-0.3, -0.25) is 23.6 Å². The van der Waals surface area contributed by atoms with Gasteiger partial charge >= 0.3 is 5.69 Å². The molecule has 0 radical (unpaired) electrons. The number of rotatable bonds is 7. The van der Waals surface area contributed by atoms with Crippen molar-refractivity contribution in [2.45, 2.75) is 39.3 Å². The Bertz CT molecular complexity index is 987. The number of sulfonamides is 1. The van der Waals surface area contributed by atoms with Crippen LogP contribution < -0.4 is 17.0 Å². The number of nitrogens with zero attached hydrogens (tertiary/aromatic N) is 4. The van der Waals surface area contributed by atoms with Gasteiger partial charge in [0.1, 0.15) is 11.4 Å². The van der Waals surface area contributed by atoms with Crippen molar-refractivity contribution in [3.8, 4) is 0 Å². The minimum atomic E-state index is -3.27. The summed E-state index contributed by atoms with van der Waals surface area (Å²) < 4.78 is 26.9. The molecule has 2 N–H and O–H groups in total. The summed E-state index contributed by atoms with van der Waals surface area (Å²) in [6, 6.07) is -0.109. The van der Waals surface area contributed by atoms with Crippen LogP contribution in [0.5, 0.6) is 0 Å². The van der Waals surface area contributed by atoms with Crippen molar-refractivity contribution in [1.82, 2.24) is 18.3 Å². The van der Waals surface area contributed by atoms with Crippen LogP contribution in [0.4, 0.5) is 5.82 Å². The minimum Gasteiger partial charge on any atom is -0.384 e. The summed E-state index contributed by atoms with van der Waals surface area (Å²) in [4.78, 5) is 39.7. The van der Waals surface area contributed by atoms with E-state index in [4.69, 9.17) is 5.73 Å². The number of nitrogens with two attached hydrogens (primary N) is 1. The third kappa shape index (κ3) is 5.14. The smallest absolute Gasteiger partial charge is 0.332 e. The normalized spacial score (nSPS) is 16.7. The Morgan fingerprint density at radius 1 is 1.24 bits per heavy atom. The summed E-state index contributed by atoms with van der Waals surface area (Å²) in [7, 11) is -0.370. The number of carbonyl (C=O) groups excluding carboxylic acids is 1. The second-order valence-corrected chi connectivity index (χ2v) is 10.2. The second-order valence-electron chi connectivity index (χ2n) is 8.12. The summed E-state index contributed by atoms with van der Waals surface area (Å²) in [6.45, 7) is 5.19. The Hall–Kier alpha value is -1.98. The monoisotopic (exact) mass is 429 g/mol. The van der Waals surface area contributed by atoms with Crippen molar-refractivity contribution < 1.29 is 13.2 Å². The van der Waals surface area contributed by atoms with Crippen LogP contribution in [0.25, 0.3) is 0 Å². The first-order valence-electron chi connectivity index (χ1n) is 9.62. The van der Waals surface area contributed by atoms with E-state index in [0.29, 0.717) is 32.5 Å². The molecule has 0 bridgehead atoms. The van der Waals surface area contributed by atoms with E-state index in [1.54, 1.807) is 7.05 Å². The number of anilines is 1. The summed E-state index contributed by atoms with van der Waals surface area (Å²) in [5.41, 5.74) is 4.66. The van der Waals surface area contributed by atoms with Gasteiger partial charge < -0.3 is 5.73 Å². The zero-order valence-electron chi connectivity index (χ0n) is 17.7. The minimum absolute atomic E-state index is 0.00533. The predicted octanol–water partition coefficient (Wildman–Crippen LogP) is -0.676. The third-order valence-electron chi connectivity index (χ3n) is 5.37. The number of aromatic nitrogens is 2. The standard InChI is InChI=1S/C18H31N5O5S/c1-12(2)10-23-16(19)15(17(25)20(3)18(23)26)14(24)11-22-8-6-13(7-9-22)21(4)29(5,27)28/h12-13H,6-11,19H2,1-5H3. The van der Waals surface area contributed by atoms with Gasteiger partial charge in [-0.15, -0.1) is 0 Å². The highest BCUT2D eigenvalue weighted by atomic mass is 32.2. The Morgan fingerprint density at radius 3 is 2.28 bits per heavy atom. The first-order valence-corrected chi connectivity index (χ1v) is 11.5. The largest absolute Gasteiger partial charge is 0.384 e. The van der Waals surface area contributed by atoms with Crippen molar-refractivity contribution in [3.05, 3.63) is 26.4 Å². The number of carbonyl (C=O) groups is 1. The van der Waals surface area contributed by atoms with Crippen molar-refractivity contribution in [3.63, 3.8) is 0 Å². The zero-order valence-corrected chi connectivity index (χ0v) is 18.5. The van der Waals surface area contributed by atoms with Crippen LogP contribution in [0.3, 0.4) is 0 Å². The fourth-order valence-electron chi connectivity index (χ4n) is 3.58. The summed E-state index contributed by atoms with van der Waals surface area (Å²) in [5.74, 6) is -0.416. The average Bonchev–Trinajstić information content (AvgIpc) is 2.63. The molecule has 1 aromatic heterocycles. The first kappa shape index (κ1) is 23.3. The highest BCUT2D eigenvalue weighted by molar-refractivity contribution is 7.88. The van der Waals surface area contributed by atoms with Crippen LogP contribution in [0.2, 0.25) is 0 Å². The number of hydrogen-bond donors (Lipinski definition) is 1. The molecule has 1 saturated heterocycles. The summed E-state index contributed by atoms with van der Waals surface area (Å²) in [5, 5.41) is 0. The summed E-state index contributed by atoms with van der Waals surface area (Å²) in [6.07, 6.45) is 2.36. The molecule has 1 aromatic rings. The van der Waals surface area contributed by atoms with E-state index in [-0.39, 0.29) is 29.9 Å². The number of ketones is 1. The average molecular weight is 430 g/mol. The molecule has 164 valence electrons. The van der Waals surface area contributed by atoms with Gasteiger partial charge in [-0.05, 0) is 18.8 Å². The number of likely N-dealkylation sites (tertiary alicyclic amines) is 1. The molecule has 0 atom stereocenters. The van der Waals surface area contributed by atoms with Gasteiger partial charge in [-0.1, -0.05) is 13.8 Å². The molecule has 2 rings (SSSR count). The van der Waals surface area contributed by atoms with Crippen LogP contribution in [-0.4, -0.2) is 71.5 Å². The highest BCUT2D eigenvalue weighted by Gasteiger charge is 2.29. The lowest BCUT2D eigenvalue weighted by Gasteiger charge is -2.35. The number of hydrogen-bond acceptors (Lipinski definition) is 7.